The molecule has 1 fully saturated rings. The largest absolute Gasteiger partial charge is 0.480 e. The first-order chi connectivity index (χ1) is 13.7. The summed E-state index contributed by atoms with van der Waals surface area (Å²) >= 11 is 1.57. The second-order valence-electron chi connectivity index (χ2n) is 8.92. The van der Waals surface area contributed by atoms with Gasteiger partial charge in [-0.2, -0.15) is 0 Å². The molecule has 1 aromatic rings. The van der Waals surface area contributed by atoms with E-state index in [1.165, 1.54) is 82.6 Å². The summed E-state index contributed by atoms with van der Waals surface area (Å²) in [6.45, 7) is 2.25. The second-order valence-corrected chi connectivity index (χ2v) is 10.2. The molecule has 3 unspecified atom stereocenters. The Morgan fingerprint density at radius 2 is 1.79 bits per heavy atom. The maximum Gasteiger partial charge on any atom is 0.316 e. The average Bonchev–Trinajstić information content (AvgIpc) is 3.06. The summed E-state index contributed by atoms with van der Waals surface area (Å²) < 4.78 is 0. The lowest BCUT2D eigenvalue weighted by Crippen LogP contribution is -2.16. The van der Waals surface area contributed by atoms with E-state index in [0.717, 1.165) is 29.6 Å². The van der Waals surface area contributed by atoms with Crippen LogP contribution in [0, 0.1) is 5.92 Å². The number of hydrogen-bond acceptors (Lipinski definition) is 2. The Morgan fingerprint density at radius 1 is 1.07 bits per heavy atom. The van der Waals surface area contributed by atoms with Crippen LogP contribution in [0.4, 0.5) is 0 Å². The lowest BCUT2D eigenvalue weighted by atomic mass is 9.80. The Kier molecular flexibility index (Phi) is 8.76. The van der Waals surface area contributed by atoms with Gasteiger partial charge in [0.05, 0.1) is 0 Å². The van der Waals surface area contributed by atoms with Gasteiger partial charge in [-0.1, -0.05) is 77.2 Å². The van der Waals surface area contributed by atoms with Crippen LogP contribution in [0.2, 0.25) is 0 Å². The van der Waals surface area contributed by atoms with E-state index in [1.807, 2.05) is 0 Å². The Morgan fingerprint density at radius 3 is 2.54 bits per heavy atom. The first-order valence-corrected chi connectivity index (χ1v) is 12.6. The highest BCUT2D eigenvalue weighted by molar-refractivity contribution is 8.00. The van der Waals surface area contributed by atoms with Crippen molar-refractivity contribution in [3.05, 3.63) is 29.3 Å². The zero-order chi connectivity index (χ0) is 19.8. The monoisotopic (exact) mass is 402 g/mol. The molecule has 1 saturated carbocycles. The number of fused-ring (bicyclic) bond motifs is 3. The van der Waals surface area contributed by atoms with Crippen LogP contribution in [0.25, 0.3) is 0 Å². The van der Waals surface area contributed by atoms with Crippen molar-refractivity contribution >= 4 is 17.7 Å². The van der Waals surface area contributed by atoms with Crippen molar-refractivity contribution in [2.75, 3.05) is 0 Å². The SMILES string of the molecule is CCCCCCCCCCC(Sc1ccc2c(c1)CC1CCCCC21)C(=O)O. The number of benzene rings is 1. The van der Waals surface area contributed by atoms with Crippen molar-refractivity contribution in [2.45, 2.75) is 113 Å². The molecule has 0 bridgehead atoms. The normalized spacial score (nSPS) is 21.9. The standard InChI is InChI=1S/C25H38O2S/c1-2-3-4-5-6-7-8-9-14-24(25(26)27)28-21-15-16-23-20(18-21)17-19-12-10-11-13-22(19)23/h15-16,18-19,22,24H,2-14,17H2,1H3,(H,26,27). The van der Waals surface area contributed by atoms with Crippen molar-refractivity contribution in [3.63, 3.8) is 0 Å². The van der Waals surface area contributed by atoms with Crippen LogP contribution in [0.3, 0.4) is 0 Å². The molecular weight excluding hydrogens is 364 g/mol. The highest BCUT2D eigenvalue weighted by atomic mass is 32.2. The van der Waals surface area contributed by atoms with Gasteiger partial charge in [0, 0.05) is 4.90 Å². The van der Waals surface area contributed by atoms with E-state index in [-0.39, 0.29) is 5.25 Å². The molecule has 3 atom stereocenters. The molecule has 0 aromatic heterocycles. The van der Waals surface area contributed by atoms with Gasteiger partial charge < -0.3 is 5.11 Å². The number of carbonyl (C=O) groups is 1. The minimum absolute atomic E-state index is 0.304. The van der Waals surface area contributed by atoms with Crippen LogP contribution in [-0.2, 0) is 11.2 Å². The molecule has 2 nitrogen and oxygen atoms in total. The number of rotatable bonds is 12. The molecule has 1 N–H and O–H groups in total. The summed E-state index contributed by atoms with van der Waals surface area (Å²) in [7, 11) is 0. The molecule has 2 aliphatic rings. The second kappa shape index (κ2) is 11.3. The van der Waals surface area contributed by atoms with Gasteiger partial charge in [0.1, 0.15) is 5.25 Å². The summed E-state index contributed by atoms with van der Waals surface area (Å²) in [5.41, 5.74) is 3.06. The summed E-state index contributed by atoms with van der Waals surface area (Å²) in [6, 6.07) is 6.80. The molecule has 0 spiro atoms. The van der Waals surface area contributed by atoms with Crippen molar-refractivity contribution in [2.24, 2.45) is 5.92 Å². The van der Waals surface area contributed by atoms with Gasteiger partial charge in [-0.3, -0.25) is 4.79 Å². The van der Waals surface area contributed by atoms with Crippen LogP contribution in [0.15, 0.2) is 23.1 Å². The summed E-state index contributed by atoms with van der Waals surface area (Å²) in [5, 5.41) is 9.37. The number of carboxylic acid groups (broad SMARTS) is 1. The van der Waals surface area contributed by atoms with Crippen molar-refractivity contribution < 1.29 is 9.90 Å². The van der Waals surface area contributed by atoms with Gasteiger partial charge in [-0.25, -0.2) is 0 Å². The van der Waals surface area contributed by atoms with Crippen LogP contribution in [-0.4, -0.2) is 16.3 Å². The molecule has 0 heterocycles. The molecule has 0 saturated heterocycles. The molecule has 1 aromatic carbocycles. The third kappa shape index (κ3) is 6.02. The van der Waals surface area contributed by atoms with Crippen molar-refractivity contribution in [3.8, 4) is 0 Å². The molecule has 0 aliphatic heterocycles. The van der Waals surface area contributed by atoms with E-state index in [9.17, 15) is 9.90 Å². The highest BCUT2D eigenvalue weighted by Gasteiger charge is 2.34. The smallest absolute Gasteiger partial charge is 0.316 e. The van der Waals surface area contributed by atoms with E-state index in [4.69, 9.17) is 0 Å². The predicted octanol–water partition coefficient (Wildman–Crippen LogP) is 7.59. The number of hydrogen-bond donors (Lipinski definition) is 1. The van der Waals surface area contributed by atoms with Crippen LogP contribution < -0.4 is 0 Å². The number of aliphatic carboxylic acids is 1. The number of thioether (sulfide) groups is 1. The first kappa shape index (κ1) is 21.7. The molecular formula is C25H38O2S. The van der Waals surface area contributed by atoms with E-state index < -0.39 is 5.97 Å². The molecule has 0 amide bonds. The highest BCUT2D eigenvalue weighted by Crippen LogP contribution is 2.47. The fraction of sp³-hybridized carbons (Fsp3) is 0.720. The van der Waals surface area contributed by atoms with Crippen LogP contribution >= 0.6 is 11.8 Å². The lowest BCUT2D eigenvalue weighted by molar-refractivity contribution is -0.136. The minimum Gasteiger partial charge on any atom is -0.480 e. The van der Waals surface area contributed by atoms with E-state index in [2.05, 4.69) is 25.1 Å². The van der Waals surface area contributed by atoms with Crippen molar-refractivity contribution in [1.82, 2.24) is 0 Å². The molecule has 28 heavy (non-hydrogen) atoms. The third-order valence-corrected chi connectivity index (χ3v) is 8.03. The summed E-state index contributed by atoms with van der Waals surface area (Å²) in [6.07, 6.45) is 17.6. The molecule has 156 valence electrons. The quantitative estimate of drug-likeness (QED) is 0.289. The van der Waals surface area contributed by atoms with Crippen LogP contribution in [0.1, 0.15) is 107 Å². The fourth-order valence-electron chi connectivity index (χ4n) is 5.20. The van der Waals surface area contributed by atoms with Gasteiger partial charge in [0.2, 0.25) is 0 Å². The Balaban J connectivity index is 1.45. The molecule has 2 aliphatic carbocycles. The van der Waals surface area contributed by atoms with Crippen LogP contribution in [0.5, 0.6) is 0 Å². The summed E-state index contributed by atoms with van der Waals surface area (Å²) in [4.78, 5) is 12.9. The number of unbranched alkanes of at least 4 members (excludes halogenated alkanes) is 7. The average molecular weight is 403 g/mol. The number of carboxylic acids is 1. The van der Waals surface area contributed by atoms with Crippen molar-refractivity contribution in [1.29, 1.82) is 0 Å². The summed E-state index contributed by atoms with van der Waals surface area (Å²) in [5.74, 6) is 0.967. The van der Waals surface area contributed by atoms with Gasteiger partial charge in [0.15, 0.2) is 0 Å². The Hall–Kier alpha value is -0.960. The van der Waals surface area contributed by atoms with E-state index >= 15 is 0 Å². The van der Waals surface area contributed by atoms with Gasteiger partial charge in [0.25, 0.3) is 0 Å². The van der Waals surface area contributed by atoms with E-state index in [0.29, 0.717) is 0 Å². The van der Waals surface area contributed by atoms with E-state index in [1.54, 1.807) is 17.3 Å². The lowest BCUT2D eigenvalue weighted by Gasteiger charge is -2.25. The van der Waals surface area contributed by atoms with Gasteiger partial charge >= 0.3 is 5.97 Å². The minimum atomic E-state index is -0.651. The topological polar surface area (TPSA) is 37.3 Å². The maximum atomic E-state index is 11.8. The zero-order valence-corrected chi connectivity index (χ0v) is 18.4. The first-order valence-electron chi connectivity index (χ1n) is 11.7. The Labute approximate surface area is 175 Å². The fourth-order valence-corrected chi connectivity index (χ4v) is 6.27. The maximum absolute atomic E-state index is 11.8. The Bertz CT molecular complexity index is 627. The molecule has 3 heteroatoms. The molecule has 0 radical (unpaired) electrons. The third-order valence-electron chi connectivity index (χ3n) is 6.78. The van der Waals surface area contributed by atoms with Gasteiger partial charge in [-0.15, -0.1) is 11.8 Å². The zero-order valence-electron chi connectivity index (χ0n) is 17.6. The van der Waals surface area contributed by atoms with Gasteiger partial charge in [-0.05, 0) is 60.8 Å². The molecule has 3 rings (SSSR count). The predicted molar refractivity (Wildman–Crippen MR) is 119 cm³/mol.